The number of nitrogens with zero attached hydrogens (tertiary/aromatic N) is 1. The smallest absolute Gasteiger partial charge is 0.300 e. The number of aromatic hydroxyl groups is 1. The Morgan fingerprint density at radius 3 is 2.64 bits per heavy atom. The van der Waals surface area contributed by atoms with E-state index in [1.807, 2.05) is 25.1 Å². The van der Waals surface area contributed by atoms with Crippen LogP contribution in [0.1, 0.15) is 34.7 Å². The van der Waals surface area contributed by atoms with Crippen LogP contribution in [0.3, 0.4) is 0 Å². The molecule has 2 N–H and O–H groups in total. The lowest BCUT2D eigenvalue weighted by molar-refractivity contribution is -0.132. The number of para-hydroxylation sites is 1. The molecular formula is C27H23NO5. The highest BCUT2D eigenvalue weighted by atomic mass is 16.5. The Bertz CT molecular complexity index is 1310. The molecule has 1 amide bonds. The van der Waals surface area contributed by atoms with E-state index in [0.29, 0.717) is 23.4 Å². The summed E-state index contributed by atoms with van der Waals surface area (Å²) in [6, 6.07) is 18.1. The van der Waals surface area contributed by atoms with Crippen molar-refractivity contribution in [2.75, 3.05) is 11.5 Å². The number of fused-ring (bicyclic) bond motifs is 1. The predicted molar refractivity (Wildman–Crippen MR) is 124 cm³/mol. The molecule has 1 atom stereocenters. The summed E-state index contributed by atoms with van der Waals surface area (Å²) in [5.74, 6) is -0.957. The number of phenolic OH excluding ortho intramolecular Hbond substituents is 1. The van der Waals surface area contributed by atoms with Crippen LogP contribution in [0.2, 0.25) is 0 Å². The van der Waals surface area contributed by atoms with Crippen molar-refractivity contribution < 1.29 is 24.5 Å². The molecule has 6 nitrogen and oxygen atoms in total. The van der Waals surface area contributed by atoms with Crippen molar-refractivity contribution in [2.45, 2.75) is 25.8 Å². The van der Waals surface area contributed by atoms with Gasteiger partial charge in [-0.1, -0.05) is 30.3 Å². The summed E-state index contributed by atoms with van der Waals surface area (Å²) >= 11 is 0. The number of Topliss-reactive ketones (excluding diaryl/α,β-unsaturated/α-hetero) is 1. The summed E-state index contributed by atoms with van der Waals surface area (Å²) in [5.41, 5.74) is 3.31. The minimum absolute atomic E-state index is 0.00815. The van der Waals surface area contributed by atoms with Crippen LogP contribution in [0.4, 0.5) is 5.69 Å². The van der Waals surface area contributed by atoms with Crippen molar-refractivity contribution >= 4 is 23.1 Å². The zero-order valence-electron chi connectivity index (χ0n) is 18.1. The van der Waals surface area contributed by atoms with E-state index in [1.54, 1.807) is 36.4 Å². The summed E-state index contributed by atoms with van der Waals surface area (Å²) in [4.78, 5) is 27.9. The van der Waals surface area contributed by atoms with Crippen molar-refractivity contribution in [1.82, 2.24) is 0 Å². The molecule has 3 aromatic carbocycles. The first-order valence-corrected chi connectivity index (χ1v) is 10.9. The van der Waals surface area contributed by atoms with Crippen LogP contribution in [-0.2, 0) is 16.0 Å². The fourth-order valence-corrected chi connectivity index (χ4v) is 4.59. The minimum atomic E-state index is -0.884. The molecule has 33 heavy (non-hydrogen) atoms. The van der Waals surface area contributed by atoms with Crippen LogP contribution >= 0.6 is 0 Å². The number of aliphatic hydroxyl groups excluding tert-OH is 1. The van der Waals surface area contributed by atoms with Crippen molar-refractivity contribution in [1.29, 1.82) is 0 Å². The van der Waals surface area contributed by atoms with E-state index in [9.17, 15) is 19.8 Å². The number of phenols is 1. The number of ether oxygens (including phenoxy) is 1. The molecule has 0 aliphatic carbocycles. The fourth-order valence-electron chi connectivity index (χ4n) is 4.59. The van der Waals surface area contributed by atoms with E-state index in [4.69, 9.17) is 4.74 Å². The first kappa shape index (κ1) is 20.8. The average molecular weight is 441 g/mol. The Morgan fingerprint density at radius 1 is 1.03 bits per heavy atom. The summed E-state index contributed by atoms with van der Waals surface area (Å²) in [7, 11) is 0. The maximum absolute atomic E-state index is 13.3. The number of benzene rings is 3. The maximum atomic E-state index is 13.3. The first-order chi connectivity index (χ1) is 16.0. The third-order valence-electron chi connectivity index (χ3n) is 6.19. The predicted octanol–water partition coefficient (Wildman–Crippen LogP) is 4.65. The topological polar surface area (TPSA) is 87.1 Å². The molecule has 1 saturated heterocycles. The molecule has 2 aliphatic rings. The number of aliphatic hydroxyl groups is 1. The number of aryl methyl sites for hydroxylation is 2. The van der Waals surface area contributed by atoms with Gasteiger partial charge in [0, 0.05) is 11.3 Å². The summed E-state index contributed by atoms with van der Waals surface area (Å²) in [6.45, 7) is 2.51. The second kappa shape index (κ2) is 8.13. The molecule has 0 saturated carbocycles. The second-order valence-electron chi connectivity index (χ2n) is 8.33. The van der Waals surface area contributed by atoms with Gasteiger partial charge in [0.15, 0.2) is 0 Å². The van der Waals surface area contributed by atoms with Crippen molar-refractivity contribution in [3.05, 3.63) is 94.6 Å². The molecule has 0 bridgehead atoms. The Kier molecular flexibility index (Phi) is 5.13. The molecule has 0 aromatic heterocycles. The highest BCUT2D eigenvalue weighted by Gasteiger charge is 2.47. The van der Waals surface area contributed by atoms with Gasteiger partial charge in [0.25, 0.3) is 11.7 Å². The SMILES string of the molecule is Cc1ccccc1N1C(=O)C(=O)/C(=C(\O)c2ccc3c(c2)CCCO3)C1c1cccc(O)c1. The monoisotopic (exact) mass is 441 g/mol. The van der Waals surface area contributed by atoms with Crippen LogP contribution in [0.15, 0.2) is 72.3 Å². The number of hydrogen-bond donors (Lipinski definition) is 2. The highest BCUT2D eigenvalue weighted by Crippen LogP contribution is 2.44. The Labute approximate surface area is 191 Å². The van der Waals surface area contributed by atoms with Gasteiger partial charge in [-0.15, -0.1) is 0 Å². The number of hydrogen-bond acceptors (Lipinski definition) is 5. The molecule has 0 radical (unpaired) electrons. The van der Waals surface area contributed by atoms with E-state index in [2.05, 4.69) is 0 Å². The van der Waals surface area contributed by atoms with Gasteiger partial charge >= 0.3 is 0 Å². The molecule has 5 rings (SSSR count). The van der Waals surface area contributed by atoms with Gasteiger partial charge in [0.1, 0.15) is 17.3 Å². The Morgan fingerprint density at radius 2 is 1.85 bits per heavy atom. The van der Waals surface area contributed by atoms with Gasteiger partial charge in [0.05, 0.1) is 18.2 Å². The van der Waals surface area contributed by atoms with Crippen molar-refractivity contribution in [3.63, 3.8) is 0 Å². The standard InChI is InChI=1S/C27H23NO5/c1-16-6-2-3-10-21(16)28-24(18-7-4-9-20(29)15-18)23(26(31)27(28)32)25(30)19-11-12-22-17(14-19)8-5-13-33-22/h2-4,6-7,9-12,14-15,24,29-30H,5,8,13H2,1H3/b25-23-. The lowest BCUT2D eigenvalue weighted by Crippen LogP contribution is -2.30. The molecule has 0 spiro atoms. The van der Waals surface area contributed by atoms with Crippen LogP contribution in [0.25, 0.3) is 5.76 Å². The fraction of sp³-hybridized carbons (Fsp3) is 0.185. The molecule has 166 valence electrons. The van der Waals surface area contributed by atoms with Crippen molar-refractivity contribution in [2.24, 2.45) is 0 Å². The van der Waals surface area contributed by atoms with Crippen LogP contribution < -0.4 is 9.64 Å². The average Bonchev–Trinajstić information content (AvgIpc) is 3.09. The van der Waals surface area contributed by atoms with E-state index < -0.39 is 17.7 Å². The maximum Gasteiger partial charge on any atom is 0.300 e. The van der Waals surface area contributed by atoms with E-state index >= 15 is 0 Å². The van der Waals surface area contributed by atoms with E-state index in [-0.39, 0.29) is 17.1 Å². The van der Waals surface area contributed by atoms with Gasteiger partial charge in [-0.25, -0.2) is 0 Å². The van der Waals surface area contributed by atoms with Gasteiger partial charge in [-0.3, -0.25) is 14.5 Å². The summed E-state index contributed by atoms with van der Waals surface area (Å²) in [6.07, 6.45) is 1.68. The third-order valence-corrected chi connectivity index (χ3v) is 6.19. The van der Waals surface area contributed by atoms with Crippen LogP contribution in [0, 0.1) is 6.92 Å². The number of ketones is 1. The minimum Gasteiger partial charge on any atom is -0.508 e. The van der Waals surface area contributed by atoms with Crippen molar-refractivity contribution in [3.8, 4) is 11.5 Å². The second-order valence-corrected chi connectivity index (χ2v) is 8.33. The largest absolute Gasteiger partial charge is 0.508 e. The molecule has 6 heteroatoms. The normalized spacial score (nSPS) is 19.3. The number of carbonyl (C=O) groups is 2. The molecule has 3 aromatic rings. The number of carbonyl (C=O) groups excluding carboxylic acids is 2. The molecule has 2 aliphatic heterocycles. The molecule has 2 heterocycles. The molecule has 1 fully saturated rings. The molecular weight excluding hydrogens is 418 g/mol. The number of anilines is 1. The Hall–Kier alpha value is -4.06. The summed E-state index contributed by atoms with van der Waals surface area (Å²) in [5, 5.41) is 21.4. The lowest BCUT2D eigenvalue weighted by Gasteiger charge is -2.27. The van der Waals surface area contributed by atoms with Gasteiger partial charge < -0.3 is 14.9 Å². The molecule has 1 unspecified atom stereocenters. The third kappa shape index (κ3) is 3.53. The zero-order chi connectivity index (χ0) is 23.1. The van der Waals surface area contributed by atoms with Gasteiger partial charge in [-0.2, -0.15) is 0 Å². The van der Waals surface area contributed by atoms with Gasteiger partial charge in [0.2, 0.25) is 0 Å². The number of amides is 1. The first-order valence-electron chi connectivity index (χ1n) is 10.9. The van der Waals surface area contributed by atoms with E-state index in [1.165, 1.54) is 17.0 Å². The highest BCUT2D eigenvalue weighted by molar-refractivity contribution is 6.51. The summed E-state index contributed by atoms with van der Waals surface area (Å²) < 4.78 is 5.66. The van der Waals surface area contributed by atoms with Crippen LogP contribution in [-0.4, -0.2) is 28.5 Å². The zero-order valence-corrected chi connectivity index (χ0v) is 18.1. The van der Waals surface area contributed by atoms with E-state index in [0.717, 1.165) is 29.7 Å². The lowest BCUT2D eigenvalue weighted by atomic mass is 9.93. The Balaban J connectivity index is 1.72. The quantitative estimate of drug-likeness (QED) is 0.351. The number of rotatable bonds is 3. The van der Waals surface area contributed by atoms with Crippen LogP contribution in [0.5, 0.6) is 11.5 Å². The van der Waals surface area contributed by atoms with Gasteiger partial charge in [-0.05, 0) is 72.9 Å².